The van der Waals surface area contributed by atoms with E-state index in [0.717, 1.165) is 67.0 Å². The molecule has 0 radical (unpaired) electrons. The molecule has 3 nitrogen and oxygen atoms in total. The van der Waals surface area contributed by atoms with Crippen LogP contribution in [0.2, 0.25) is 0 Å². The van der Waals surface area contributed by atoms with Crippen molar-refractivity contribution in [1.82, 2.24) is 0 Å². The lowest BCUT2D eigenvalue weighted by Crippen LogP contribution is -2.29. The quantitative estimate of drug-likeness (QED) is 0.108. The normalized spacial score (nSPS) is 17.5. The summed E-state index contributed by atoms with van der Waals surface area (Å²) in [6, 6.07) is 71.5. The third-order valence-electron chi connectivity index (χ3n) is 15.3. The number of hydrogen-bond acceptors (Lipinski definition) is 3. The molecule has 4 aliphatic carbocycles. The second-order valence-electron chi connectivity index (χ2n) is 20.0. The Morgan fingerprint density at radius 2 is 1.10 bits per heavy atom. The molecule has 0 aromatic heterocycles. The minimum absolute atomic E-state index is 0.221. The highest BCUT2D eigenvalue weighted by Crippen LogP contribution is 2.44. The molecule has 0 bridgehead atoms. The summed E-state index contributed by atoms with van der Waals surface area (Å²) in [5.41, 5.74) is 16.4. The minimum Gasteiger partial charge on any atom is -0.318 e. The summed E-state index contributed by atoms with van der Waals surface area (Å²) in [4.78, 5) is 7.40. The molecule has 0 N–H and O–H groups in total. The van der Waals surface area contributed by atoms with Crippen LogP contribution in [0.5, 0.6) is 0 Å². The summed E-state index contributed by atoms with van der Waals surface area (Å²) in [6.45, 7) is 2.40. The number of hydrogen-bond donors (Lipinski definition) is 0. The lowest BCUT2D eigenvalue weighted by atomic mass is 9.78. The predicted molar refractivity (Wildman–Crippen MR) is 310 cm³/mol. The average molecular weight is 944 g/mol. The van der Waals surface area contributed by atoms with Gasteiger partial charge in [0.2, 0.25) is 0 Å². The fourth-order valence-corrected chi connectivity index (χ4v) is 11.5. The second-order valence-corrected chi connectivity index (χ2v) is 20.0. The van der Waals surface area contributed by atoms with Crippen molar-refractivity contribution in [3.05, 3.63) is 300 Å². The van der Waals surface area contributed by atoms with Gasteiger partial charge in [0.1, 0.15) is 0 Å². The van der Waals surface area contributed by atoms with Crippen LogP contribution in [0.15, 0.2) is 289 Å². The molecular formula is C70H61N3. The molecule has 0 aliphatic heterocycles. The molecule has 3 heteroatoms. The van der Waals surface area contributed by atoms with Crippen LogP contribution in [0.25, 0.3) is 21.5 Å². The van der Waals surface area contributed by atoms with E-state index in [2.05, 4.69) is 283 Å². The minimum atomic E-state index is 0.221. The van der Waals surface area contributed by atoms with E-state index in [1.165, 1.54) is 66.6 Å². The molecule has 3 unspecified atom stereocenters. The molecule has 8 aromatic carbocycles. The maximum atomic E-state index is 2.53. The summed E-state index contributed by atoms with van der Waals surface area (Å²) in [6.07, 6.45) is 31.6. The zero-order chi connectivity index (χ0) is 48.9. The molecule has 0 saturated carbocycles. The molecule has 0 saturated heterocycles. The number of anilines is 6. The largest absolute Gasteiger partial charge is 0.318 e. The first-order valence-corrected chi connectivity index (χ1v) is 26.3. The van der Waals surface area contributed by atoms with Crippen molar-refractivity contribution in [2.75, 3.05) is 14.7 Å². The van der Waals surface area contributed by atoms with Crippen molar-refractivity contribution < 1.29 is 0 Å². The van der Waals surface area contributed by atoms with Gasteiger partial charge in [-0.15, -0.1) is 0 Å². The van der Waals surface area contributed by atoms with E-state index in [1.807, 2.05) is 0 Å². The van der Waals surface area contributed by atoms with Gasteiger partial charge >= 0.3 is 0 Å². The molecule has 8 aromatic rings. The van der Waals surface area contributed by atoms with E-state index < -0.39 is 0 Å². The van der Waals surface area contributed by atoms with Crippen LogP contribution < -0.4 is 14.7 Å². The first-order chi connectivity index (χ1) is 36.1. The third-order valence-corrected chi connectivity index (χ3v) is 15.3. The summed E-state index contributed by atoms with van der Waals surface area (Å²) >= 11 is 0. The highest BCUT2D eigenvalue weighted by atomic mass is 15.2. The number of nitrogens with zero attached hydrogens (tertiary/aromatic N) is 3. The highest BCUT2D eigenvalue weighted by Gasteiger charge is 2.28. The Kier molecular flexibility index (Phi) is 13.0. The van der Waals surface area contributed by atoms with Gasteiger partial charge in [-0.05, 0) is 173 Å². The Labute approximate surface area is 431 Å². The summed E-state index contributed by atoms with van der Waals surface area (Å²) in [5, 5.41) is 4.98. The van der Waals surface area contributed by atoms with Crippen LogP contribution in [-0.2, 0) is 6.42 Å². The standard InChI is InChI=1S/C70H61N3/c1-51-47-66(72(62-27-9-4-10-28-62)68-39-35-55-19-13-16-24-59(55)50-68)44-46-70(51)73(65-42-40-63(41-43-65)71(61-25-7-3-8-26-61)67-38-34-54-18-12-15-23-58(54)49-67)64-36-29-52(30-37-64)31-45-69(56-20-5-2-6-21-56)60-33-32-53-17-11-14-22-57(53)48-60/h2-9,11-27,29-30,33-44,46,48-51,53,69H,10,28,31-32,45,47H2,1H3. The monoisotopic (exact) mass is 943 g/mol. The number of benzene rings is 8. The van der Waals surface area contributed by atoms with E-state index in [0.29, 0.717) is 11.8 Å². The average Bonchev–Trinajstić information content (AvgIpc) is 3.45. The number of aryl methyl sites for hydroxylation is 1. The summed E-state index contributed by atoms with van der Waals surface area (Å²) < 4.78 is 0. The van der Waals surface area contributed by atoms with Crippen LogP contribution >= 0.6 is 0 Å². The molecule has 0 spiro atoms. The van der Waals surface area contributed by atoms with Crippen molar-refractivity contribution >= 4 is 55.7 Å². The smallest absolute Gasteiger partial charge is 0.0468 e. The number of allylic oxidation sites excluding steroid dienone is 16. The predicted octanol–water partition coefficient (Wildman–Crippen LogP) is 18.9. The van der Waals surface area contributed by atoms with Gasteiger partial charge in [0, 0.05) is 69.0 Å². The first-order valence-electron chi connectivity index (χ1n) is 26.3. The highest BCUT2D eigenvalue weighted by molar-refractivity contribution is 5.90. The van der Waals surface area contributed by atoms with Crippen LogP contribution in [0, 0.1) is 11.8 Å². The fraction of sp³-hybridized carbons (Fsp3) is 0.143. The SMILES string of the molecule is CC1CC(N(C2=CC=CCC2)c2ccc3ccccc3c2)=CC=C1N(c1ccc(CCC(C2=CCC3C=CC=CC3=C2)c2ccccc2)cc1)c1ccc(N(c2ccccc2)c2ccc3ccccc3c2)cc1. The summed E-state index contributed by atoms with van der Waals surface area (Å²) in [5.74, 6) is 1.04. The van der Waals surface area contributed by atoms with Crippen molar-refractivity contribution in [3.8, 4) is 0 Å². The zero-order valence-electron chi connectivity index (χ0n) is 41.6. The first kappa shape index (κ1) is 45.7. The van der Waals surface area contributed by atoms with Gasteiger partial charge in [-0.3, -0.25) is 0 Å². The van der Waals surface area contributed by atoms with Gasteiger partial charge in [-0.2, -0.15) is 0 Å². The Balaban J connectivity index is 0.903. The molecule has 356 valence electrons. The Morgan fingerprint density at radius 3 is 1.75 bits per heavy atom. The van der Waals surface area contributed by atoms with E-state index in [9.17, 15) is 0 Å². The van der Waals surface area contributed by atoms with Gasteiger partial charge in [0.05, 0.1) is 0 Å². The lowest BCUT2D eigenvalue weighted by molar-refractivity contribution is 0.633. The van der Waals surface area contributed by atoms with Crippen molar-refractivity contribution in [3.63, 3.8) is 0 Å². The van der Waals surface area contributed by atoms with E-state index in [4.69, 9.17) is 0 Å². The van der Waals surface area contributed by atoms with Gasteiger partial charge in [-0.1, -0.05) is 177 Å². The summed E-state index contributed by atoms with van der Waals surface area (Å²) in [7, 11) is 0. The molecule has 4 aliphatic rings. The maximum Gasteiger partial charge on any atom is 0.0468 e. The van der Waals surface area contributed by atoms with Gasteiger partial charge in [-0.25, -0.2) is 0 Å². The van der Waals surface area contributed by atoms with Crippen LogP contribution in [-0.4, -0.2) is 0 Å². The Bertz CT molecular complexity index is 3530. The molecule has 12 rings (SSSR count). The number of rotatable bonds is 14. The Hall–Kier alpha value is -8.40. The van der Waals surface area contributed by atoms with Crippen LogP contribution in [0.3, 0.4) is 0 Å². The molecule has 3 atom stereocenters. The Morgan fingerprint density at radius 1 is 0.507 bits per heavy atom. The van der Waals surface area contributed by atoms with Crippen LogP contribution in [0.1, 0.15) is 56.1 Å². The molecule has 0 amide bonds. The van der Waals surface area contributed by atoms with E-state index in [1.54, 1.807) is 0 Å². The topological polar surface area (TPSA) is 9.72 Å². The van der Waals surface area contributed by atoms with Crippen molar-refractivity contribution in [2.24, 2.45) is 11.8 Å². The van der Waals surface area contributed by atoms with E-state index in [-0.39, 0.29) is 5.92 Å². The van der Waals surface area contributed by atoms with Gasteiger partial charge in [0.15, 0.2) is 0 Å². The fourth-order valence-electron chi connectivity index (χ4n) is 11.5. The van der Waals surface area contributed by atoms with Gasteiger partial charge < -0.3 is 14.7 Å². The number of fused-ring (bicyclic) bond motifs is 3. The maximum absolute atomic E-state index is 2.53. The van der Waals surface area contributed by atoms with E-state index >= 15 is 0 Å². The van der Waals surface area contributed by atoms with Crippen LogP contribution in [0.4, 0.5) is 34.1 Å². The molecular weight excluding hydrogens is 883 g/mol. The molecule has 0 heterocycles. The second kappa shape index (κ2) is 20.7. The molecule has 73 heavy (non-hydrogen) atoms. The van der Waals surface area contributed by atoms with Crippen molar-refractivity contribution in [2.45, 2.75) is 51.4 Å². The van der Waals surface area contributed by atoms with Crippen molar-refractivity contribution in [1.29, 1.82) is 0 Å². The molecule has 0 fully saturated rings. The zero-order valence-corrected chi connectivity index (χ0v) is 41.6. The number of para-hydroxylation sites is 1. The third kappa shape index (κ3) is 9.72. The van der Waals surface area contributed by atoms with Gasteiger partial charge in [0.25, 0.3) is 0 Å². The lowest BCUT2D eigenvalue weighted by Gasteiger charge is -2.38.